The van der Waals surface area contributed by atoms with Crippen LogP contribution in [0.3, 0.4) is 0 Å². The van der Waals surface area contributed by atoms with E-state index in [-0.39, 0.29) is 0 Å². The van der Waals surface area contributed by atoms with Crippen molar-refractivity contribution in [3.05, 3.63) is 22.7 Å². The lowest BCUT2D eigenvalue weighted by molar-refractivity contribution is 0.411. The van der Waals surface area contributed by atoms with E-state index in [1.807, 2.05) is 0 Å². The van der Waals surface area contributed by atoms with Crippen molar-refractivity contribution in [3.63, 3.8) is 0 Å². The fourth-order valence-electron chi connectivity index (χ4n) is 2.07. The molecule has 1 aliphatic heterocycles. The number of sulfonamides is 1. The van der Waals surface area contributed by atoms with Crippen LogP contribution in [-0.2, 0) is 10.0 Å². The zero-order valence-electron chi connectivity index (χ0n) is 10.4. The zero-order chi connectivity index (χ0) is 13.3. The Labute approximate surface area is 116 Å². The summed E-state index contributed by atoms with van der Waals surface area (Å²) in [6, 6.07) is 4.84. The predicted octanol–water partition coefficient (Wildman–Crippen LogP) is 2.49. The lowest BCUT2D eigenvalue weighted by Gasteiger charge is -2.16. The molecular formula is C12H16BrNO3S. The molecule has 0 N–H and O–H groups in total. The summed E-state index contributed by atoms with van der Waals surface area (Å²) in [5.74, 6) is 1.06. The second-order valence-corrected chi connectivity index (χ2v) is 7.35. The fourth-order valence-corrected chi connectivity index (χ4v) is 4.36. The molecule has 1 heterocycles. The van der Waals surface area contributed by atoms with E-state index in [0.29, 0.717) is 34.1 Å². The maximum atomic E-state index is 12.4. The van der Waals surface area contributed by atoms with E-state index in [1.54, 1.807) is 29.6 Å². The molecule has 0 amide bonds. The van der Waals surface area contributed by atoms with Crippen LogP contribution in [0.5, 0.6) is 5.75 Å². The van der Waals surface area contributed by atoms with Gasteiger partial charge in [0.15, 0.2) is 0 Å². The van der Waals surface area contributed by atoms with Gasteiger partial charge in [-0.25, -0.2) is 8.42 Å². The average Bonchev–Trinajstić information content (AvgIpc) is 2.76. The Hall–Kier alpha value is -0.590. The van der Waals surface area contributed by atoms with E-state index in [2.05, 4.69) is 22.9 Å². The van der Waals surface area contributed by atoms with E-state index in [9.17, 15) is 8.42 Å². The SMILES string of the molecule is COc1ccc(S(=O)(=O)N2CCC(C)C2)cc1Br. The highest BCUT2D eigenvalue weighted by molar-refractivity contribution is 9.10. The first-order valence-corrected chi connectivity index (χ1v) is 8.02. The Kier molecular flexibility index (Phi) is 3.99. The highest BCUT2D eigenvalue weighted by Gasteiger charge is 2.30. The number of nitrogens with zero attached hydrogens (tertiary/aromatic N) is 1. The molecule has 0 radical (unpaired) electrons. The maximum Gasteiger partial charge on any atom is 0.243 e. The smallest absolute Gasteiger partial charge is 0.243 e. The maximum absolute atomic E-state index is 12.4. The van der Waals surface area contributed by atoms with Crippen molar-refractivity contribution < 1.29 is 13.2 Å². The second kappa shape index (κ2) is 5.19. The minimum atomic E-state index is -3.37. The molecule has 0 aromatic heterocycles. The minimum absolute atomic E-state index is 0.310. The molecule has 4 nitrogen and oxygen atoms in total. The van der Waals surface area contributed by atoms with Crippen LogP contribution in [0.25, 0.3) is 0 Å². The largest absolute Gasteiger partial charge is 0.496 e. The second-order valence-electron chi connectivity index (χ2n) is 4.55. The van der Waals surface area contributed by atoms with Crippen LogP contribution >= 0.6 is 15.9 Å². The molecule has 0 spiro atoms. The number of methoxy groups -OCH3 is 1. The van der Waals surface area contributed by atoms with E-state index >= 15 is 0 Å². The van der Waals surface area contributed by atoms with Gasteiger partial charge in [0.2, 0.25) is 10.0 Å². The van der Waals surface area contributed by atoms with Crippen molar-refractivity contribution in [3.8, 4) is 5.75 Å². The number of rotatable bonds is 3. The third-order valence-electron chi connectivity index (χ3n) is 3.15. The van der Waals surface area contributed by atoms with E-state index in [1.165, 1.54) is 0 Å². The zero-order valence-corrected chi connectivity index (χ0v) is 12.8. The molecule has 1 atom stereocenters. The first-order chi connectivity index (χ1) is 8.45. The van der Waals surface area contributed by atoms with Gasteiger partial charge in [-0.1, -0.05) is 6.92 Å². The normalized spacial score (nSPS) is 21.2. The summed E-state index contributed by atoms with van der Waals surface area (Å²) in [7, 11) is -1.82. The van der Waals surface area contributed by atoms with Crippen LogP contribution < -0.4 is 4.74 Å². The molecule has 2 rings (SSSR count). The fraction of sp³-hybridized carbons (Fsp3) is 0.500. The van der Waals surface area contributed by atoms with Crippen molar-refractivity contribution >= 4 is 26.0 Å². The third kappa shape index (κ3) is 2.55. The van der Waals surface area contributed by atoms with Gasteiger partial charge in [-0.05, 0) is 46.5 Å². The van der Waals surface area contributed by atoms with E-state index in [4.69, 9.17) is 4.74 Å². The average molecular weight is 334 g/mol. The molecule has 0 aliphatic carbocycles. The van der Waals surface area contributed by atoms with Crippen molar-refractivity contribution in [2.24, 2.45) is 5.92 Å². The van der Waals surface area contributed by atoms with E-state index < -0.39 is 10.0 Å². The van der Waals surface area contributed by atoms with Crippen LogP contribution in [0.2, 0.25) is 0 Å². The van der Waals surface area contributed by atoms with Gasteiger partial charge >= 0.3 is 0 Å². The van der Waals surface area contributed by atoms with Gasteiger partial charge in [0.25, 0.3) is 0 Å². The number of ether oxygens (including phenoxy) is 1. The molecule has 1 unspecified atom stereocenters. The Morgan fingerprint density at radius 2 is 2.17 bits per heavy atom. The molecule has 1 aromatic carbocycles. The van der Waals surface area contributed by atoms with Crippen LogP contribution in [0.15, 0.2) is 27.6 Å². The quantitative estimate of drug-likeness (QED) is 0.853. The molecule has 100 valence electrons. The van der Waals surface area contributed by atoms with Gasteiger partial charge in [-0.3, -0.25) is 0 Å². The minimum Gasteiger partial charge on any atom is -0.496 e. The number of hydrogen-bond donors (Lipinski definition) is 0. The first kappa shape index (κ1) is 13.8. The highest BCUT2D eigenvalue weighted by atomic mass is 79.9. The summed E-state index contributed by atoms with van der Waals surface area (Å²) in [4.78, 5) is 0.310. The molecule has 0 saturated carbocycles. The van der Waals surface area contributed by atoms with Gasteiger partial charge in [-0.15, -0.1) is 0 Å². The Morgan fingerprint density at radius 1 is 1.44 bits per heavy atom. The van der Waals surface area contributed by atoms with Gasteiger partial charge < -0.3 is 4.74 Å². The van der Waals surface area contributed by atoms with Crippen LogP contribution in [-0.4, -0.2) is 32.9 Å². The first-order valence-electron chi connectivity index (χ1n) is 5.79. The molecule has 0 bridgehead atoms. The molecule has 1 fully saturated rings. The Balaban J connectivity index is 2.33. The standard InChI is InChI=1S/C12H16BrNO3S/c1-9-5-6-14(8-9)18(15,16)10-3-4-12(17-2)11(13)7-10/h3-4,7,9H,5-6,8H2,1-2H3. The molecule has 1 aromatic rings. The molecule has 18 heavy (non-hydrogen) atoms. The lowest BCUT2D eigenvalue weighted by atomic mass is 10.2. The van der Waals surface area contributed by atoms with Crippen molar-refractivity contribution in [2.45, 2.75) is 18.2 Å². The van der Waals surface area contributed by atoms with Gasteiger partial charge in [0.1, 0.15) is 5.75 Å². The summed E-state index contributed by atoms with van der Waals surface area (Å²) in [6.45, 7) is 3.28. The highest BCUT2D eigenvalue weighted by Crippen LogP contribution is 2.30. The molecule has 6 heteroatoms. The summed E-state index contributed by atoms with van der Waals surface area (Å²) in [6.07, 6.45) is 0.927. The Bertz CT molecular complexity index is 544. The van der Waals surface area contributed by atoms with Crippen molar-refractivity contribution in [1.82, 2.24) is 4.31 Å². The number of hydrogen-bond acceptors (Lipinski definition) is 3. The van der Waals surface area contributed by atoms with Gasteiger partial charge in [0, 0.05) is 13.1 Å². The predicted molar refractivity (Wildman–Crippen MR) is 73.2 cm³/mol. The number of benzene rings is 1. The molecular weight excluding hydrogens is 318 g/mol. The van der Waals surface area contributed by atoms with Crippen LogP contribution in [0.4, 0.5) is 0 Å². The topological polar surface area (TPSA) is 46.6 Å². The molecule has 1 saturated heterocycles. The van der Waals surface area contributed by atoms with Crippen molar-refractivity contribution in [1.29, 1.82) is 0 Å². The van der Waals surface area contributed by atoms with Crippen molar-refractivity contribution in [2.75, 3.05) is 20.2 Å². The Morgan fingerprint density at radius 3 is 2.67 bits per heavy atom. The third-order valence-corrected chi connectivity index (χ3v) is 5.63. The monoisotopic (exact) mass is 333 g/mol. The summed E-state index contributed by atoms with van der Waals surface area (Å²) < 4.78 is 32.1. The van der Waals surface area contributed by atoms with E-state index in [0.717, 1.165) is 6.42 Å². The van der Waals surface area contributed by atoms with Gasteiger partial charge in [-0.2, -0.15) is 4.31 Å². The summed E-state index contributed by atoms with van der Waals surface area (Å²) in [5.41, 5.74) is 0. The molecule has 1 aliphatic rings. The number of halogens is 1. The van der Waals surface area contributed by atoms with Gasteiger partial charge in [0.05, 0.1) is 16.5 Å². The lowest BCUT2D eigenvalue weighted by Crippen LogP contribution is -2.28. The van der Waals surface area contributed by atoms with Crippen LogP contribution in [0, 0.1) is 5.92 Å². The summed E-state index contributed by atoms with van der Waals surface area (Å²) >= 11 is 3.31. The van der Waals surface area contributed by atoms with Crippen LogP contribution in [0.1, 0.15) is 13.3 Å². The summed E-state index contributed by atoms with van der Waals surface area (Å²) in [5, 5.41) is 0.